The minimum Gasteiger partial charge on any atom is -0.504 e. The zero-order valence-electron chi connectivity index (χ0n) is 18.9. The molecule has 33 heavy (non-hydrogen) atoms. The summed E-state index contributed by atoms with van der Waals surface area (Å²) in [6.07, 6.45) is 11.6. The lowest BCUT2D eigenvalue weighted by molar-refractivity contribution is -0.118. The van der Waals surface area contributed by atoms with Gasteiger partial charge < -0.3 is 25.2 Å². The van der Waals surface area contributed by atoms with Crippen molar-refractivity contribution < 1.29 is 23.8 Å². The second-order valence-corrected chi connectivity index (χ2v) is 7.87. The van der Waals surface area contributed by atoms with Gasteiger partial charge in [-0.2, -0.15) is 0 Å². The number of aliphatic hydroxyl groups is 1. The number of nitrogens with one attached hydrogen (secondary N) is 2. The van der Waals surface area contributed by atoms with Crippen molar-refractivity contribution in [2.75, 3.05) is 19.7 Å². The lowest BCUT2D eigenvalue weighted by Crippen LogP contribution is -2.29. The Morgan fingerprint density at radius 1 is 1.39 bits per heavy atom. The zero-order valence-corrected chi connectivity index (χ0v) is 18.9. The first-order valence-electron chi connectivity index (χ1n) is 11.0. The number of ether oxygens (including phenoxy) is 2. The number of pyridine rings is 1. The van der Waals surface area contributed by atoms with Gasteiger partial charge in [0.05, 0.1) is 12.3 Å². The number of aromatic nitrogens is 1. The van der Waals surface area contributed by atoms with E-state index in [0.29, 0.717) is 41.8 Å². The highest BCUT2D eigenvalue weighted by Gasteiger charge is 2.16. The van der Waals surface area contributed by atoms with Gasteiger partial charge in [-0.05, 0) is 63.1 Å². The zero-order chi connectivity index (χ0) is 23.6. The molecule has 3 rings (SSSR count). The Hall–Kier alpha value is -3.39. The molecule has 0 saturated carbocycles. The average Bonchev–Trinajstić information content (AvgIpc) is 2.97. The van der Waals surface area contributed by atoms with E-state index in [1.165, 1.54) is 25.3 Å². The Bertz CT molecular complexity index is 1000. The molecule has 0 spiro atoms. The number of rotatable bonds is 8. The fourth-order valence-corrected chi connectivity index (χ4v) is 3.47. The topological polar surface area (TPSA) is 92.7 Å². The van der Waals surface area contributed by atoms with Crippen molar-refractivity contribution in [2.24, 2.45) is 5.92 Å². The number of allylic oxidation sites excluding steroid dienone is 5. The molecule has 1 aliphatic heterocycles. The Morgan fingerprint density at radius 2 is 2.18 bits per heavy atom. The van der Waals surface area contributed by atoms with Crippen LogP contribution in [0.5, 0.6) is 5.75 Å². The largest absolute Gasteiger partial charge is 0.504 e. The molecule has 2 heterocycles. The van der Waals surface area contributed by atoms with Gasteiger partial charge in [0.1, 0.15) is 5.75 Å². The lowest BCUT2D eigenvalue weighted by atomic mass is 9.99. The summed E-state index contributed by atoms with van der Waals surface area (Å²) < 4.78 is 26.3. The van der Waals surface area contributed by atoms with Crippen molar-refractivity contribution in [3.8, 4) is 5.75 Å². The Balaban J connectivity index is 1.76. The molecule has 1 fully saturated rings. The predicted molar refractivity (Wildman–Crippen MR) is 125 cm³/mol. The molecule has 8 heteroatoms. The average molecular weight is 456 g/mol. The third-order valence-corrected chi connectivity index (χ3v) is 5.20. The third kappa shape index (κ3) is 7.61. The van der Waals surface area contributed by atoms with E-state index in [9.17, 15) is 14.3 Å². The summed E-state index contributed by atoms with van der Waals surface area (Å²) >= 11 is 0. The van der Waals surface area contributed by atoms with Gasteiger partial charge in [-0.25, -0.2) is 4.39 Å². The first kappa shape index (κ1) is 24.3. The summed E-state index contributed by atoms with van der Waals surface area (Å²) in [6.45, 7) is 5.53. The Morgan fingerprint density at radius 3 is 2.91 bits per heavy atom. The van der Waals surface area contributed by atoms with Gasteiger partial charge in [-0.3, -0.25) is 9.78 Å². The summed E-state index contributed by atoms with van der Waals surface area (Å²) in [5, 5.41) is 16.2. The fourth-order valence-electron chi connectivity index (χ4n) is 3.47. The quantitative estimate of drug-likeness (QED) is 0.396. The third-order valence-electron chi connectivity index (χ3n) is 5.20. The second-order valence-electron chi connectivity index (χ2n) is 7.87. The lowest BCUT2D eigenvalue weighted by Gasteiger charge is -2.23. The van der Waals surface area contributed by atoms with Crippen LogP contribution in [0.1, 0.15) is 38.8 Å². The number of carbonyl (C=O) groups excluding carboxylic acids is 1. The first-order valence-corrected chi connectivity index (χ1v) is 11.0. The molecule has 176 valence electrons. The van der Waals surface area contributed by atoms with Gasteiger partial charge in [0.2, 0.25) is 5.91 Å². The number of piperidine rings is 1. The highest BCUT2D eigenvalue weighted by atomic mass is 19.1. The van der Waals surface area contributed by atoms with E-state index in [0.717, 1.165) is 25.9 Å². The van der Waals surface area contributed by atoms with Gasteiger partial charge >= 0.3 is 0 Å². The molecular formula is C25H30FN3O4. The molecule has 1 aromatic rings. The standard InChI is InChI=1S/C25H30FN3O4/c1-3-23(31)25(32-16-18-7-10-27-11-8-18)15-20-13-21(9-12-28-20)33-24-6-4-5-19(14-22(24)26)29-17(2)30/h3-4,6,9,12-15,18,27,31H,5,7-8,10-11,16H2,1-2H3,(H,29,30)/b23-3+,25-15+. The van der Waals surface area contributed by atoms with Crippen LogP contribution in [0.3, 0.4) is 0 Å². The molecule has 0 unspecified atom stereocenters. The van der Waals surface area contributed by atoms with E-state index >= 15 is 0 Å². The number of hydrogen-bond acceptors (Lipinski definition) is 6. The second kappa shape index (κ2) is 12.0. The van der Waals surface area contributed by atoms with Crippen molar-refractivity contribution in [3.63, 3.8) is 0 Å². The minimum absolute atomic E-state index is 0.0214. The molecule has 1 aromatic heterocycles. The van der Waals surface area contributed by atoms with Gasteiger partial charge in [0, 0.05) is 37.4 Å². The maximum Gasteiger partial charge on any atom is 0.221 e. The highest BCUT2D eigenvalue weighted by Crippen LogP contribution is 2.24. The molecule has 3 N–H and O–H groups in total. The molecular weight excluding hydrogens is 425 g/mol. The minimum atomic E-state index is -0.598. The number of amides is 1. The molecule has 1 amide bonds. The molecule has 0 bridgehead atoms. The van der Waals surface area contributed by atoms with Crippen molar-refractivity contribution in [1.29, 1.82) is 0 Å². The van der Waals surface area contributed by atoms with E-state index < -0.39 is 5.83 Å². The normalized spacial score (nSPS) is 18.0. The summed E-state index contributed by atoms with van der Waals surface area (Å²) in [4.78, 5) is 15.5. The molecule has 7 nitrogen and oxygen atoms in total. The summed E-state index contributed by atoms with van der Waals surface area (Å²) in [6, 6.07) is 3.24. The van der Waals surface area contributed by atoms with Crippen LogP contribution < -0.4 is 15.4 Å². The van der Waals surface area contributed by atoms with Crippen LogP contribution >= 0.6 is 0 Å². The molecule has 1 aliphatic carbocycles. The van der Waals surface area contributed by atoms with E-state index in [1.807, 2.05) is 0 Å². The van der Waals surface area contributed by atoms with E-state index in [2.05, 4.69) is 15.6 Å². The predicted octanol–water partition coefficient (Wildman–Crippen LogP) is 4.44. The number of halogens is 1. The van der Waals surface area contributed by atoms with Gasteiger partial charge in [0.15, 0.2) is 23.1 Å². The van der Waals surface area contributed by atoms with Crippen LogP contribution in [0, 0.1) is 5.92 Å². The Kier molecular flexibility index (Phi) is 8.83. The van der Waals surface area contributed by atoms with Gasteiger partial charge in [0.25, 0.3) is 0 Å². The molecule has 2 aliphatic rings. The number of aliphatic hydroxyl groups excluding tert-OH is 1. The molecule has 0 atom stereocenters. The van der Waals surface area contributed by atoms with Crippen LogP contribution in [0.15, 0.2) is 71.4 Å². The van der Waals surface area contributed by atoms with Crippen LogP contribution in [-0.4, -0.2) is 35.7 Å². The number of hydrogen-bond donors (Lipinski definition) is 3. The van der Waals surface area contributed by atoms with E-state index in [4.69, 9.17) is 9.47 Å². The fraction of sp³-hybridized carbons (Fsp3) is 0.360. The van der Waals surface area contributed by atoms with Crippen molar-refractivity contribution in [2.45, 2.75) is 33.1 Å². The molecule has 0 radical (unpaired) electrons. The summed E-state index contributed by atoms with van der Waals surface area (Å²) in [5.74, 6) is 0.306. The molecule has 0 aromatic carbocycles. The van der Waals surface area contributed by atoms with Crippen LogP contribution in [0.25, 0.3) is 6.08 Å². The highest BCUT2D eigenvalue weighted by molar-refractivity contribution is 5.75. The van der Waals surface area contributed by atoms with Crippen LogP contribution in [-0.2, 0) is 9.53 Å². The summed E-state index contributed by atoms with van der Waals surface area (Å²) in [5.41, 5.74) is 0.944. The van der Waals surface area contributed by atoms with Crippen molar-refractivity contribution >= 4 is 12.0 Å². The van der Waals surface area contributed by atoms with Crippen molar-refractivity contribution in [1.82, 2.24) is 15.6 Å². The first-order chi connectivity index (χ1) is 15.9. The van der Waals surface area contributed by atoms with Crippen LogP contribution in [0.2, 0.25) is 0 Å². The van der Waals surface area contributed by atoms with E-state index in [1.54, 1.807) is 37.3 Å². The monoisotopic (exact) mass is 455 g/mol. The number of carbonyl (C=O) groups is 1. The molecule has 1 saturated heterocycles. The summed E-state index contributed by atoms with van der Waals surface area (Å²) in [7, 11) is 0. The maximum absolute atomic E-state index is 14.6. The maximum atomic E-state index is 14.6. The van der Waals surface area contributed by atoms with Crippen LogP contribution in [0.4, 0.5) is 4.39 Å². The van der Waals surface area contributed by atoms with Gasteiger partial charge in [-0.1, -0.05) is 6.08 Å². The van der Waals surface area contributed by atoms with E-state index in [-0.39, 0.29) is 17.4 Å². The number of nitrogens with zero attached hydrogens (tertiary/aromatic N) is 1. The van der Waals surface area contributed by atoms with Crippen molar-refractivity contribution in [3.05, 3.63) is 77.1 Å². The smallest absolute Gasteiger partial charge is 0.221 e. The van der Waals surface area contributed by atoms with Gasteiger partial charge in [-0.15, -0.1) is 0 Å². The SMILES string of the molecule is C/C=C(O)\C(=C/c1cc(OC2=C(F)C=C(NC(C)=O)CC=C2)ccn1)OCC1CCNCC1. The Labute approximate surface area is 193 Å².